The van der Waals surface area contributed by atoms with E-state index < -0.39 is 0 Å². The normalized spacial score (nSPS) is 37.6. The molecule has 1 nitrogen and oxygen atoms in total. The van der Waals surface area contributed by atoms with Crippen LogP contribution in [0.3, 0.4) is 0 Å². The van der Waals surface area contributed by atoms with Crippen LogP contribution < -0.4 is 5.32 Å². The molecule has 0 aromatic carbocycles. The molecule has 2 bridgehead atoms. The Kier molecular flexibility index (Phi) is 3.75. The second-order valence-electron chi connectivity index (χ2n) is 6.92. The maximum Gasteiger partial charge on any atom is 0.00981 e. The summed E-state index contributed by atoms with van der Waals surface area (Å²) in [6.45, 7) is 3.54. The zero-order valence-corrected chi connectivity index (χ0v) is 11.5. The van der Waals surface area contributed by atoms with E-state index in [2.05, 4.69) is 12.2 Å². The van der Waals surface area contributed by atoms with Crippen LogP contribution in [0.5, 0.6) is 0 Å². The van der Waals surface area contributed by atoms with Gasteiger partial charge in [0.05, 0.1) is 0 Å². The SMILES string of the molecule is CCCNC(CCC1CC1)C1CC2CCC1C2. The molecule has 0 aromatic rings. The first-order valence-corrected chi connectivity index (χ1v) is 8.10. The molecule has 3 rings (SSSR count). The van der Waals surface area contributed by atoms with Gasteiger partial charge in [0, 0.05) is 6.04 Å². The fourth-order valence-electron chi connectivity index (χ4n) is 4.41. The summed E-state index contributed by atoms with van der Waals surface area (Å²) in [4.78, 5) is 0. The Morgan fingerprint density at radius 2 is 2.00 bits per heavy atom. The van der Waals surface area contributed by atoms with Gasteiger partial charge < -0.3 is 5.32 Å². The lowest BCUT2D eigenvalue weighted by atomic mass is 9.81. The van der Waals surface area contributed by atoms with Crippen LogP contribution in [0.25, 0.3) is 0 Å². The van der Waals surface area contributed by atoms with Gasteiger partial charge in [-0.15, -0.1) is 0 Å². The van der Waals surface area contributed by atoms with Crippen molar-refractivity contribution in [3.8, 4) is 0 Å². The highest BCUT2D eigenvalue weighted by Crippen LogP contribution is 2.50. The van der Waals surface area contributed by atoms with Gasteiger partial charge in [0.1, 0.15) is 0 Å². The Hall–Kier alpha value is -0.0400. The molecule has 0 amide bonds. The molecule has 3 fully saturated rings. The number of fused-ring (bicyclic) bond motifs is 2. The lowest BCUT2D eigenvalue weighted by Gasteiger charge is -2.31. The van der Waals surface area contributed by atoms with E-state index >= 15 is 0 Å². The highest BCUT2D eigenvalue weighted by Gasteiger charge is 2.42. The van der Waals surface area contributed by atoms with E-state index in [1.54, 1.807) is 25.7 Å². The minimum atomic E-state index is 0.867. The molecule has 0 radical (unpaired) electrons. The van der Waals surface area contributed by atoms with Gasteiger partial charge in [-0.1, -0.05) is 26.2 Å². The fraction of sp³-hybridized carbons (Fsp3) is 1.00. The van der Waals surface area contributed by atoms with Crippen molar-refractivity contribution in [2.45, 2.75) is 70.8 Å². The molecule has 3 aliphatic carbocycles. The first-order chi connectivity index (χ1) is 8.36. The van der Waals surface area contributed by atoms with Gasteiger partial charge in [-0.25, -0.2) is 0 Å². The quantitative estimate of drug-likeness (QED) is 0.704. The molecule has 3 saturated carbocycles. The minimum absolute atomic E-state index is 0.867. The van der Waals surface area contributed by atoms with Crippen LogP contribution in [0.4, 0.5) is 0 Å². The summed E-state index contributed by atoms with van der Waals surface area (Å²) in [6, 6.07) is 0.867. The van der Waals surface area contributed by atoms with Crippen molar-refractivity contribution in [3.05, 3.63) is 0 Å². The third-order valence-corrected chi connectivity index (χ3v) is 5.55. The van der Waals surface area contributed by atoms with Gasteiger partial charge in [0.25, 0.3) is 0 Å². The van der Waals surface area contributed by atoms with E-state index in [1.807, 2.05) is 0 Å². The van der Waals surface area contributed by atoms with E-state index in [0.717, 1.165) is 29.7 Å². The topological polar surface area (TPSA) is 12.0 Å². The van der Waals surface area contributed by atoms with Crippen LogP contribution in [0.2, 0.25) is 0 Å². The molecular formula is C16H29N. The third kappa shape index (κ3) is 2.86. The average molecular weight is 235 g/mol. The van der Waals surface area contributed by atoms with E-state index in [9.17, 15) is 0 Å². The summed E-state index contributed by atoms with van der Waals surface area (Å²) in [5.74, 6) is 4.35. The van der Waals surface area contributed by atoms with Gasteiger partial charge in [-0.05, 0) is 68.7 Å². The lowest BCUT2D eigenvalue weighted by Crippen LogP contribution is -2.39. The largest absolute Gasteiger partial charge is 0.314 e. The Labute approximate surface area is 107 Å². The Bertz CT molecular complexity index is 246. The van der Waals surface area contributed by atoms with Crippen molar-refractivity contribution in [1.82, 2.24) is 5.32 Å². The highest BCUT2D eigenvalue weighted by atomic mass is 14.9. The number of rotatable bonds is 7. The van der Waals surface area contributed by atoms with Crippen molar-refractivity contribution in [3.63, 3.8) is 0 Å². The van der Waals surface area contributed by atoms with Crippen molar-refractivity contribution in [2.24, 2.45) is 23.7 Å². The molecule has 4 atom stereocenters. The minimum Gasteiger partial charge on any atom is -0.314 e. The molecule has 0 saturated heterocycles. The average Bonchev–Trinajstić information content (AvgIpc) is 2.94. The van der Waals surface area contributed by atoms with E-state index in [4.69, 9.17) is 0 Å². The van der Waals surface area contributed by atoms with Gasteiger partial charge in [0.2, 0.25) is 0 Å². The number of nitrogens with one attached hydrogen (secondary N) is 1. The maximum absolute atomic E-state index is 3.88. The Morgan fingerprint density at radius 3 is 2.59 bits per heavy atom. The zero-order chi connectivity index (χ0) is 11.7. The van der Waals surface area contributed by atoms with Crippen LogP contribution in [-0.2, 0) is 0 Å². The second kappa shape index (κ2) is 5.30. The van der Waals surface area contributed by atoms with E-state index in [-0.39, 0.29) is 0 Å². The first kappa shape index (κ1) is 12.0. The predicted octanol–water partition coefficient (Wildman–Crippen LogP) is 3.98. The molecule has 0 spiro atoms. The van der Waals surface area contributed by atoms with Crippen molar-refractivity contribution in [1.29, 1.82) is 0 Å². The summed E-state index contributed by atoms with van der Waals surface area (Å²) in [5, 5.41) is 3.88. The number of hydrogen-bond donors (Lipinski definition) is 1. The van der Waals surface area contributed by atoms with Crippen LogP contribution in [-0.4, -0.2) is 12.6 Å². The molecule has 0 heterocycles. The van der Waals surface area contributed by atoms with Gasteiger partial charge >= 0.3 is 0 Å². The molecular weight excluding hydrogens is 206 g/mol. The molecule has 1 N–H and O–H groups in total. The number of hydrogen-bond acceptors (Lipinski definition) is 1. The summed E-state index contributed by atoms with van der Waals surface area (Å²) in [6.07, 6.45) is 13.5. The summed E-state index contributed by atoms with van der Waals surface area (Å²) in [5.41, 5.74) is 0. The van der Waals surface area contributed by atoms with E-state index in [1.165, 1.54) is 38.6 Å². The van der Waals surface area contributed by atoms with Gasteiger partial charge in [0.15, 0.2) is 0 Å². The Balaban J connectivity index is 1.52. The first-order valence-electron chi connectivity index (χ1n) is 8.10. The maximum atomic E-state index is 3.88. The van der Waals surface area contributed by atoms with Crippen LogP contribution in [0, 0.1) is 23.7 Å². The molecule has 4 unspecified atom stereocenters. The highest BCUT2D eigenvalue weighted by molar-refractivity contribution is 4.95. The van der Waals surface area contributed by atoms with E-state index in [0.29, 0.717) is 0 Å². The molecule has 0 aromatic heterocycles. The summed E-state index contributed by atoms with van der Waals surface area (Å²) >= 11 is 0. The molecule has 0 aliphatic heterocycles. The van der Waals surface area contributed by atoms with Crippen molar-refractivity contribution >= 4 is 0 Å². The predicted molar refractivity (Wildman–Crippen MR) is 73.0 cm³/mol. The lowest BCUT2D eigenvalue weighted by molar-refractivity contribution is 0.234. The molecule has 98 valence electrons. The molecule has 17 heavy (non-hydrogen) atoms. The van der Waals surface area contributed by atoms with Crippen LogP contribution in [0.15, 0.2) is 0 Å². The summed E-state index contributed by atoms with van der Waals surface area (Å²) in [7, 11) is 0. The van der Waals surface area contributed by atoms with Crippen LogP contribution >= 0.6 is 0 Å². The van der Waals surface area contributed by atoms with Crippen LogP contribution in [0.1, 0.15) is 64.7 Å². The zero-order valence-electron chi connectivity index (χ0n) is 11.5. The Morgan fingerprint density at radius 1 is 1.12 bits per heavy atom. The van der Waals surface area contributed by atoms with Gasteiger partial charge in [-0.2, -0.15) is 0 Å². The standard InChI is InChI=1S/C16H29N/c1-2-9-17-16(8-6-12-3-4-12)15-11-13-5-7-14(15)10-13/h12-17H,2-11H2,1H3. The third-order valence-electron chi connectivity index (χ3n) is 5.55. The fourth-order valence-corrected chi connectivity index (χ4v) is 4.41. The monoisotopic (exact) mass is 235 g/mol. The van der Waals surface area contributed by atoms with Crippen molar-refractivity contribution < 1.29 is 0 Å². The smallest absolute Gasteiger partial charge is 0.00981 e. The summed E-state index contributed by atoms with van der Waals surface area (Å²) < 4.78 is 0. The van der Waals surface area contributed by atoms with Gasteiger partial charge in [-0.3, -0.25) is 0 Å². The molecule has 1 heteroatoms. The molecule has 3 aliphatic rings. The van der Waals surface area contributed by atoms with Crippen molar-refractivity contribution in [2.75, 3.05) is 6.54 Å². The second-order valence-corrected chi connectivity index (χ2v) is 6.92.